The van der Waals surface area contributed by atoms with Gasteiger partial charge in [-0.2, -0.15) is 0 Å². The van der Waals surface area contributed by atoms with Crippen molar-refractivity contribution in [3.63, 3.8) is 0 Å². The molecule has 1 heterocycles. The molecule has 1 aromatic carbocycles. The molecule has 2 atom stereocenters. The first kappa shape index (κ1) is 14.9. The van der Waals surface area contributed by atoms with E-state index in [0.29, 0.717) is 6.04 Å². The molecule has 116 valence electrons. The summed E-state index contributed by atoms with van der Waals surface area (Å²) in [6, 6.07) is 10.1. The Bertz CT molecular complexity index is 453. The zero-order valence-corrected chi connectivity index (χ0v) is 13.5. The van der Waals surface area contributed by atoms with Crippen LogP contribution in [-0.4, -0.2) is 37.2 Å². The Morgan fingerprint density at radius 1 is 1.19 bits per heavy atom. The van der Waals surface area contributed by atoms with Crippen molar-refractivity contribution in [3.8, 4) is 5.75 Å². The maximum Gasteiger partial charge on any atom is 0.119 e. The van der Waals surface area contributed by atoms with Crippen LogP contribution >= 0.6 is 0 Å². The topological polar surface area (TPSA) is 24.5 Å². The summed E-state index contributed by atoms with van der Waals surface area (Å²) in [5.41, 5.74) is 1.42. The molecule has 3 rings (SSSR count). The standard InChI is InChI=1S/C18H28N2O/c1-13(2)21-17-8-4-14(5-9-17)18-15(10-11-20(18)3)12-19-16-6-7-16/h4-5,8-9,13,15-16,18-19H,6-7,10-12H2,1-3H3. The van der Waals surface area contributed by atoms with Crippen molar-refractivity contribution >= 4 is 0 Å². The summed E-state index contributed by atoms with van der Waals surface area (Å²) < 4.78 is 5.75. The molecule has 2 fully saturated rings. The average Bonchev–Trinajstić information content (AvgIpc) is 3.20. The van der Waals surface area contributed by atoms with Gasteiger partial charge in [0.05, 0.1) is 6.10 Å². The van der Waals surface area contributed by atoms with Crippen LogP contribution in [0.4, 0.5) is 0 Å². The highest BCUT2D eigenvalue weighted by molar-refractivity contribution is 5.30. The Morgan fingerprint density at radius 3 is 2.52 bits per heavy atom. The zero-order chi connectivity index (χ0) is 14.8. The minimum absolute atomic E-state index is 0.237. The van der Waals surface area contributed by atoms with E-state index in [9.17, 15) is 0 Å². The van der Waals surface area contributed by atoms with Gasteiger partial charge in [-0.3, -0.25) is 4.90 Å². The largest absolute Gasteiger partial charge is 0.491 e. The molecule has 1 aliphatic carbocycles. The molecule has 1 aliphatic heterocycles. The van der Waals surface area contributed by atoms with Gasteiger partial charge >= 0.3 is 0 Å². The van der Waals surface area contributed by atoms with E-state index in [1.807, 2.05) is 0 Å². The highest BCUT2D eigenvalue weighted by Crippen LogP contribution is 2.36. The quantitative estimate of drug-likeness (QED) is 0.870. The van der Waals surface area contributed by atoms with Crippen molar-refractivity contribution in [3.05, 3.63) is 29.8 Å². The van der Waals surface area contributed by atoms with Crippen molar-refractivity contribution < 1.29 is 4.74 Å². The molecule has 0 spiro atoms. The monoisotopic (exact) mass is 288 g/mol. The fourth-order valence-electron chi connectivity index (χ4n) is 3.39. The molecule has 0 aromatic heterocycles. The number of hydrogen-bond acceptors (Lipinski definition) is 3. The molecule has 1 saturated carbocycles. The second-order valence-corrected chi connectivity index (χ2v) is 6.89. The van der Waals surface area contributed by atoms with E-state index in [-0.39, 0.29) is 6.10 Å². The first-order valence-electron chi connectivity index (χ1n) is 8.33. The molecule has 3 heteroatoms. The Balaban J connectivity index is 1.66. The van der Waals surface area contributed by atoms with Crippen LogP contribution in [0.15, 0.2) is 24.3 Å². The summed E-state index contributed by atoms with van der Waals surface area (Å²) in [4.78, 5) is 2.50. The Morgan fingerprint density at radius 2 is 1.90 bits per heavy atom. The Kier molecular flexibility index (Phi) is 4.51. The molecule has 1 aromatic rings. The lowest BCUT2D eigenvalue weighted by Gasteiger charge is -2.26. The molecular formula is C18H28N2O. The molecule has 1 N–H and O–H groups in total. The van der Waals surface area contributed by atoms with E-state index in [1.54, 1.807) is 0 Å². The second kappa shape index (κ2) is 6.37. The fourth-order valence-corrected chi connectivity index (χ4v) is 3.39. The highest BCUT2D eigenvalue weighted by atomic mass is 16.5. The van der Waals surface area contributed by atoms with Gasteiger partial charge < -0.3 is 10.1 Å². The highest BCUT2D eigenvalue weighted by Gasteiger charge is 2.34. The molecule has 0 radical (unpaired) electrons. The van der Waals surface area contributed by atoms with Gasteiger partial charge in [0.2, 0.25) is 0 Å². The van der Waals surface area contributed by atoms with Gasteiger partial charge in [0, 0.05) is 18.6 Å². The Hall–Kier alpha value is -1.06. The van der Waals surface area contributed by atoms with E-state index >= 15 is 0 Å². The summed E-state index contributed by atoms with van der Waals surface area (Å²) >= 11 is 0. The van der Waals surface area contributed by atoms with Crippen LogP contribution in [0.3, 0.4) is 0 Å². The van der Waals surface area contributed by atoms with Crippen LogP contribution in [0, 0.1) is 5.92 Å². The van der Waals surface area contributed by atoms with Crippen LogP contribution in [0.1, 0.15) is 44.7 Å². The number of ether oxygens (including phenoxy) is 1. The Labute approximate surface area is 128 Å². The van der Waals surface area contributed by atoms with Crippen LogP contribution in [-0.2, 0) is 0 Å². The summed E-state index contributed by atoms with van der Waals surface area (Å²) in [6.45, 7) is 6.49. The smallest absolute Gasteiger partial charge is 0.119 e. The first-order chi connectivity index (χ1) is 10.1. The normalized spacial score (nSPS) is 26.5. The molecule has 0 bridgehead atoms. The third-order valence-electron chi connectivity index (χ3n) is 4.61. The van der Waals surface area contributed by atoms with E-state index in [1.165, 1.54) is 31.4 Å². The minimum atomic E-state index is 0.237. The van der Waals surface area contributed by atoms with Gasteiger partial charge in [-0.25, -0.2) is 0 Å². The number of likely N-dealkylation sites (tertiary alicyclic amines) is 1. The van der Waals surface area contributed by atoms with Gasteiger partial charge in [-0.15, -0.1) is 0 Å². The van der Waals surface area contributed by atoms with E-state index in [2.05, 4.69) is 55.4 Å². The van der Waals surface area contributed by atoms with Crippen molar-refractivity contribution in [2.45, 2.75) is 51.3 Å². The predicted molar refractivity (Wildman–Crippen MR) is 86.7 cm³/mol. The van der Waals surface area contributed by atoms with E-state index < -0.39 is 0 Å². The molecule has 21 heavy (non-hydrogen) atoms. The number of benzene rings is 1. The molecule has 2 aliphatic rings. The third-order valence-corrected chi connectivity index (χ3v) is 4.61. The number of hydrogen-bond donors (Lipinski definition) is 1. The van der Waals surface area contributed by atoms with Crippen molar-refractivity contribution in [2.24, 2.45) is 5.92 Å². The minimum Gasteiger partial charge on any atom is -0.491 e. The lowest BCUT2D eigenvalue weighted by Crippen LogP contribution is -2.29. The maximum atomic E-state index is 5.75. The molecule has 2 unspecified atom stereocenters. The average molecular weight is 288 g/mol. The van der Waals surface area contributed by atoms with Gasteiger partial charge in [0.25, 0.3) is 0 Å². The summed E-state index contributed by atoms with van der Waals surface area (Å²) in [6.07, 6.45) is 4.27. The summed E-state index contributed by atoms with van der Waals surface area (Å²) in [7, 11) is 2.25. The SMILES string of the molecule is CC(C)Oc1ccc(C2C(CNC3CC3)CCN2C)cc1. The van der Waals surface area contributed by atoms with Crippen molar-refractivity contribution in [2.75, 3.05) is 20.1 Å². The van der Waals surface area contributed by atoms with Gasteiger partial charge in [0.15, 0.2) is 0 Å². The number of nitrogens with zero attached hydrogens (tertiary/aromatic N) is 1. The van der Waals surface area contributed by atoms with Gasteiger partial charge in [-0.05, 0) is 70.3 Å². The predicted octanol–water partition coefficient (Wildman–Crippen LogP) is 3.22. The van der Waals surface area contributed by atoms with E-state index in [0.717, 1.165) is 24.3 Å². The molecule has 0 amide bonds. The van der Waals surface area contributed by atoms with Crippen molar-refractivity contribution in [1.82, 2.24) is 10.2 Å². The van der Waals surface area contributed by atoms with E-state index in [4.69, 9.17) is 4.74 Å². The first-order valence-corrected chi connectivity index (χ1v) is 8.33. The van der Waals surface area contributed by atoms with Crippen LogP contribution in [0.25, 0.3) is 0 Å². The lowest BCUT2D eigenvalue weighted by atomic mass is 9.93. The van der Waals surface area contributed by atoms with Gasteiger partial charge in [0.1, 0.15) is 5.75 Å². The second-order valence-electron chi connectivity index (χ2n) is 6.89. The third kappa shape index (κ3) is 3.78. The lowest BCUT2D eigenvalue weighted by molar-refractivity contribution is 0.241. The summed E-state index contributed by atoms with van der Waals surface area (Å²) in [5.74, 6) is 1.70. The molecule has 1 saturated heterocycles. The fraction of sp³-hybridized carbons (Fsp3) is 0.667. The number of rotatable bonds is 6. The zero-order valence-electron chi connectivity index (χ0n) is 13.5. The van der Waals surface area contributed by atoms with Crippen LogP contribution < -0.4 is 10.1 Å². The maximum absolute atomic E-state index is 5.75. The van der Waals surface area contributed by atoms with Crippen molar-refractivity contribution in [1.29, 1.82) is 0 Å². The summed E-state index contributed by atoms with van der Waals surface area (Å²) in [5, 5.41) is 3.70. The molecular weight excluding hydrogens is 260 g/mol. The number of nitrogens with one attached hydrogen (secondary N) is 1. The van der Waals surface area contributed by atoms with Crippen LogP contribution in [0.2, 0.25) is 0 Å². The van der Waals surface area contributed by atoms with Crippen LogP contribution in [0.5, 0.6) is 5.75 Å². The molecule has 3 nitrogen and oxygen atoms in total. The van der Waals surface area contributed by atoms with Gasteiger partial charge in [-0.1, -0.05) is 12.1 Å².